The Morgan fingerprint density at radius 2 is 2.06 bits per heavy atom. The Morgan fingerprint density at radius 3 is 2.69 bits per heavy atom. The lowest BCUT2D eigenvalue weighted by Crippen LogP contribution is -2.16. The van der Waals surface area contributed by atoms with Gasteiger partial charge in [-0.25, -0.2) is 4.79 Å². The summed E-state index contributed by atoms with van der Waals surface area (Å²) in [4.78, 5) is 11.4. The second-order valence-electron chi connectivity index (χ2n) is 3.95. The highest BCUT2D eigenvalue weighted by molar-refractivity contribution is 5.85. The number of rotatable bonds is 4. The zero-order chi connectivity index (χ0) is 12.0. The second kappa shape index (κ2) is 6.00. The van der Waals surface area contributed by atoms with Crippen molar-refractivity contribution >= 4 is 17.5 Å². The van der Waals surface area contributed by atoms with Gasteiger partial charge in [0.25, 0.3) is 0 Å². The van der Waals surface area contributed by atoms with Crippen LogP contribution in [-0.2, 0) is 4.74 Å². The van der Waals surface area contributed by atoms with E-state index >= 15 is 0 Å². The smallest absolute Gasteiger partial charge is 0.411 e. The molecule has 0 saturated carbocycles. The van der Waals surface area contributed by atoms with Crippen molar-refractivity contribution < 1.29 is 9.53 Å². The highest BCUT2D eigenvalue weighted by atomic mass is 16.5. The second-order valence-corrected chi connectivity index (χ2v) is 3.95. The Morgan fingerprint density at radius 1 is 1.38 bits per heavy atom. The van der Waals surface area contributed by atoms with Gasteiger partial charge in [-0.05, 0) is 24.1 Å². The molecule has 0 aliphatic rings. The molecule has 0 atom stereocenters. The minimum atomic E-state index is -0.415. The van der Waals surface area contributed by atoms with E-state index in [9.17, 15) is 4.79 Å². The Labute approximate surface area is 96.0 Å². The molecule has 1 aromatic rings. The largest absolute Gasteiger partial charge is 0.449 e. The Hall–Kier alpha value is -1.71. The van der Waals surface area contributed by atoms with Crippen LogP contribution in [0.15, 0.2) is 24.3 Å². The van der Waals surface area contributed by atoms with Gasteiger partial charge < -0.3 is 10.1 Å². The lowest BCUT2D eigenvalue weighted by Gasteiger charge is -2.09. The third-order valence-electron chi connectivity index (χ3n) is 1.95. The van der Waals surface area contributed by atoms with E-state index in [0.29, 0.717) is 12.5 Å². The highest BCUT2D eigenvalue weighted by Crippen LogP contribution is 2.14. The molecule has 0 bridgehead atoms. The maximum Gasteiger partial charge on any atom is 0.411 e. The lowest BCUT2D eigenvalue weighted by molar-refractivity contribution is 0.147. The summed E-state index contributed by atoms with van der Waals surface area (Å²) in [7, 11) is 1.83. The number of hydrogen-bond donors (Lipinski definition) is 2. The van der Waals surface area contributed by atoms with Crippen LogP contribution in [0.2, 0.25) is 0 Å². The molecule has 2 N–H and O–H groups in total. The molecule has 1 aromatic carbocycles. The van der Waals surface area contributed by atoms with Crippen molar-refractivity contribution in [2.24, 2.45) is 5.92 Å². The normalized spacial score (nSPS) is 10.0. The first-order valence-corrected chi connectivity index (χ1v) is 5.33. The van der Waals surface area contributed by atoms with E-state index in [1.807, 2.05) is 45.2 Å². The van der Waals surface area contributed by atoms with Crippen LogP contribution in [0.25, 0.3) is 0 Å². The molecule has 0 heterocycles. The van der Waals surface area contributed by atoms with Crippen LogP contribution < -0.4 is 10.6 Å². The lowest BCUT2D eigenvalue weighted by atomic mass is 10.2. The molecule has 0 radical (unpaired) electrons. The van der Waals surface area contributed by atoms with Gasteiger partial charge in [-0.3, -0.25) is 5.32 Å². The molecule has 1 rings (SSSR count). The summed E-state index contributed by atoms with van der Waals surface area (Å²) in [5, 5.41) is 5.67. The molecular weight excluding hydrogens is 204 g/mol. The first-order chi connectivity index (χ1) is 7.61. The summed E-state index contributed by atoms with van der Waals surface area (Å²) >= 11 is 0. The molecular formula is C12H18N2O2. The Kier molecular flexibility index (Phi) is 4.64. The molecule has 16 heavy (non-hydrogen) atoms. The predicted octanol–water partition coefficient (Wildman–Crippen LogP) is 2.93. The molecule has 0 spiro atoms. The molecule has 88 valence electrons. The average molecular weight is 222 g/mol. The number of benzene rings is 1. The quantitative estimate of drug-likeness (QED) is 0.823. The van der Waals surface area contributed by atoms with Crippen molar-refractivity contribution in [2.75, 3.05) is 24.3 Å². The number of ether oxygens (including phenoxy) is 1. The number of hydrogen-bond acceptors (Lipinski definition) is 3. The number of carbonyl (C=O) groups excluding carboxylic acids is 1. The Balaban J connectivity index is 2.49. The maximum absolute atomic E-state index is 11.4. The van der Waals surface area contributed by atoms with E-state index in [1.165, 1.54) is 0 Å². The van der Waals surface area contributed by atoms with Gasteiger partial charge >= 0.3 is 6.09 Å². The molecule has 0 aliphatic heterocycles. The highest BCUT2D eigenvalue weighted by Gasteiger charge is 2.04. The molecule has 0 saturated heterocycles. The van der Waals surface area contributed by atoms with Gasteiger partial charge in [-0.2, -0.15) is 0 Å². The average Bonchev–Trinajstić information content (AvgIpc) is 2.26. The van der Waals surface area contributed by atoms with Crippen LogP contribution >= 0.6 is 0 Å². The maximum atomic E-state index is 11.4. The fourth-order valence-electron chi connectivity index (χ4n) is 1.15. The number of nitrogens with one attached hydrogen (secondary N) is 2. The van der Waals surface area contributed by atoms with E-state index in [4.69, 9.17) is 4.74 Å². The number of amides is 1. The zero-order valence-electron chi connectivity index (χ0n) is 9.91. The van der Waals surface area contributed by atoms with E-state index in [1.54, 1.807) is 0 Å². The predicted molar refractivity (Wildman–Crippen MR) is 65.8 cm³/mol. The van der Waals surface area contributed by atoms with Crippen LogP contribution in [0.5, 0.6) is 0 Å². The molecule has 0 fully saturated rings. The number of carbonyl (C=O) groups is 1. The van der Waals surface area contributed by atoms with Gasteiger partial charge in [0.2, 0.25) is 0 Å². The van der Waals surface area contributed by atoms with Gasteiger partial charge in [0.1, 0.15) is 0 Å². The third-order valence-corrected chi connectivity index (χ3v) is 1.95. The monoisotopic (exact) mass is 222 g/mol. The van der Waals surface area contributed by atoms with Crippen molar-refractivity contribution in [1.82, 2.24) is 0 Å². The molecule has 4 nitrogen and oxygen atoms in total. The first-order valence-electron chi connectivity index (χ1n) is 5.33. The molecule has 1 amide bonds. The first kappa shape index (κ1) is 12.4. The minimum Gasteiger partial charge on any atom is -0.449 e. The van der Waals surface area contributed by atoms with Crippen LogP contribution in [0.3, 0.4) is 0 Å². The van der Waals surface area contributed by atoms with Crippen molar-refractivity contribution in [3.8, 4) is 0 Å². The van der Waals surface area contributed by atoms with Gasteiger partial charge in [0, 0.05) is 18.4 Å². The fraction of sp³-hybridized carbons (Fsp3) is 0.417. The summed E-state index contributed by atoms with van der Waals surface area (Å²) in [6.07, 6.45) is -0.415. The van der Waals surface area contributed by atoms with E-state index in [2.05, 4.69) is 10.6 Å². The summed E-state index contributed by atoms with van der Waals surface area (Å²) in [6.45, 7) is 4.42. The van der Waals surface area contributed by atoms with Crippen LogP contribution in [0.1, 0.15) is 13.8 Å². The minimum absolute atomic E-state index is 0.342. The van der Waals surface area contributed by atoms with Gasteiger partial charge in [-0.1, -0.05) is 19.9 Å². The topological polar surface area (TPSA) is 50.4 Å². The molecule has 0 aliphatic carbocycles. The van der Waals surface area contributed by atoms with Crippen LogP contribution in [-0.4, -0.2) is 19.7 Å². The Bertz CT molecular complexity index is 351. The van der Waals surface area contributed by atoms with Gasteiger partial charge in [0.15, 0.2) is 0 Å². The summed E-state index contributed by atoms with van der Waals surface area (Å²) in [6, 6.07) is 7.45. The van der Waals surface area contributed by atoms with Crippen molar-refractivity contribution in [1.29, 1.82) is 0 Å². The van der Waals surface area contributed by atoms with Crippen molar-refractivity contribution in [2.45, 2.75) is 13.8 Å². The number of anilines is 2. The standard InChI is InChI=1S/C12H18N2O2/c1-9(2)8-16-12(15)14-11-6-4-5-10(7-11)13-3/h4-7,9,13H,8H2,1-3H3,(H,14,15). The zero-order valence-corrected chi connectivity index (χ0v) is 9.91. The van der Waals surface area contributed by atoms with E-state index in [0.717, 1.165) is 11.4 Å². The molecule has 0 aromatic heterocycles. The van der Waals surface area contributed by atoms with Crippen LogP contribution in [0, 0.1) is 5.92 Å². The van der Waals surface area contributed by atoms with E-state index in [-0.39, 0.29) is 0 Å². The molecule has 0 unspecified atom stereocenters. The summed E-state index contributed by atoms with van der Waals surface area (Å²) in [5.41, 5.74) is 1.67. The van der Waals surface area contributed by atoms with Gasteiger partial charge in [-0.15, -0.1) is 0 Å². The third kappa shape index (κ3) is 4.21. The van der Waals surface area contributed by atoms with Crippen molar-refractivity contribution in [3.05, 3.63) is 24.3 Å². The SMILES string of the molecule is CNc1cccc(NC(=O)OCC(C)C)c1. The summed E-state index contributed by atoms with van der Waals surface area (Å²) in [5.74, 6) is 0.342. The van der Waals surface area contributed by atoms with Gasteiger partial charge in [0.05, 0.1) is 6.61 Å². The molecule has 4 heteroatoms. The van der Waals surface area contributed by atoms with Crippen LogP contribution in [0.4, 0.5) is 16.2 Å². The summed E-state index contributed by atoms with van der Waals surface area (Å²) < 4.78 is 5.01. The van der Waals surface area contributed by atoms with E-state index < -0.39 is 6.09 Å². The fourth-order valence-corrected chi connectivity index (χ4v) is 1.15. The van der Waals surface area contributed by atoms with Crippen molar-refractivity contribution in [3.63, 3.8) is 0 Å².